The maximum absolute atomic E-state index is 15.5. The molecule has 0 spiro atoms. The summed E-state index contributed by atoms with van der Waals surface area (Å²) in [7, 11) is 1.38. The Bertz CT molecular complexity index is 1450. The van der Waals surface area contributed by atoms with Crippen molar-refractivity contribution in [1.29, 1.82) is 0 Å². The number of aryl methyl sites for hydroxylation is 2. The Balaban J connectivity index is 1.41. The van der Waals surface area contributed by atoms with Crippen molar-refractivity contribution in [2.24, 2.45) is 0 Å². The van der Waals surface area contributed by atoms with Gasteiger partial charge in [0.05, 0.1) is 37.4 Å². The lowest BCUT2D eigenvalue weighted by Gasteiger charge is -2.21. The van der Waals surface area contributed by atoms with Gasteiger partial charge in [0.15, 0.2) is 0 Å². The largest absolute Gasteiger partial charge is 0.493 e. The van der Waals surface area contributed by atoms with Gasteiger partial charge in [0.25, 0.3) is 0 Å². The third kappa shape index (κ3) is 6.16. The third-order valence-electron chi connectivity index (χ3n) is 7.88. The van der Waals surface area contributed by atoms with E-state index in [0.717, 1.165) is 39.1 Å². The summed E-state index contributed by atoms with van der Waals surface area (Å²) in [6, 6.07) is 10.9. The first kappa shape index (κ1) is 29.2. The highest BCUT2D eigenvalue weighted by Crippen LogP contribution is 2.47. The lowest BCUT2D eigenvalue weighted by Crippen LogP contribution is -2.21. The molecule has 41 heavy (non-hydrogen) atoms. The number of carbonyl (C=O) groups is 1. The van der Waals surface area contributed by atoms with E-state index in [0.29, 0.717) is 54.6 Å². The van der Waals surface area contributed by atoms with Gasteiger partial charge < -0.3 is 24.1 Å². The maximum atomic E-state index is 15.5. The monoisotopic (exact) mass is 582 g/mol. The minimum atomic E-state index is -0.801. The molecular weight excluding hydrogens is 547 g/mol. The van der Waals surface area contributed by atoms with E-state index < -0.39 is 11.7 Å². The van der Waals surface area contributed by atoms with Gasteiger partial charge >= 0.3 is 5.97 Å². The second-order valence-corrected chi connectivity index (χ2v) is 12.0. The number of benzene rings is 3. The summed E-state index contributed by atoms with van der Waals surface area (Å²) in [5.74, 6) is 1.24. The van der Waals surface area contributed by atoms with Crippen LogP contribution in [0.5, 0.6) is 17.2 Å². The Labute approximate surface area is 245 Å². The number of hydrogen-bond acceptors (Lipinski definition) is 6. The fourth-order valence-corrected chi connectivity index (χ4v) is 6.17. The molecule has 6 nitrogen and oxygen atoms in total. The van der Waals surface area contributed by atoms with Crippen LogP contribution in [-0.4, -0.2) is 37.0 Å². The fraction of sp³-hybridized carbons (Fsp3) is 0.424. The van der Waals surface area contributed by atoms with Crippen LogP contribution in [0.15, 0.2) is 36.4 Å². The summed E-state index contributed by atoms with van der Waals surface area (Å²) in [5, 5.41) is 10.4. The highest BCUT2D eigenvalue weighted by atomic mass is 35.5. The van der Waals surface area contributed by atoms with E-state index in [-0.39, 0.29) is 24.1 Å². The van der Waals surface area contributed by atoms with Crippen LogP contribution in [0.4, 0.5) is 4.39 Å². The number of carbonyl (C=O) groups excluding carboxylic acids is 1. The first-order valence-corrected chi connectivity index (χ1v) is 14.3. The van der Waals surface area contributed by atoms with Crippen molar-refractivity contribution in [3.63, 3.8) is 0 Å². The summed E-state index contributed by atoms with van der Waals surface area (Å²) in [5.41, 5.74) is 5.26. The molecule has 0 saturated carbocycles. The third-order valence-corrected chi connectivity index (χ3v) is 8.18. The predicted octanol–water partition coefficient (Wildman–Crippen LogP) is 7.41. The van der Waals surface area contributed by atoms with Gasteiger partial charge in [-0.3, -0.25) is 4.79 Å². The summed E-state index contributed by atoms with van der Waals surface area (Å²) in [6.45, 7) is 8.30. The molecule has 0 saturated heterocycles. The van der Waals surface area contributed by atoms with Crippen molar-refractivity contribution < 1.29 is 33.2 Å². The number of rotatable bonds is 9. The first-order valence-electron chi connectivity index (χ1n) is 13.9. The van der Waals surface area contributed by atoms with Crippen LogP contribution in [-0.2, 0) is 16.0 Å². The van der Waals surface area contributed by atoms with Crippen molar-refractivity contribution in [2.75, 3.05) is 20.3 Å². The van der Waals surface area contributed by atoms with Gasteiger partial charge in [0, 0.05) is 35.1 Å². The minimum absolute atomic E-state index is 0.0642. The zero-order valence-electron chi connectivity index (χ0n) is 24.1. The van der Waals surface area contributed by atoms with Crippen molar-refractivity contribution in [3.05, 3.63) is 75.1 Å². The Morgan fingerprint density at radius 3 is 2.54 bits per heavy atom. The van der Waals surface area contributed by atoms with Crippen LogP contribution in [0.2, 0.25) is 5.02 Å². The second-order valence-electron chi connectivity index (χ2n) is 11.6. The molecule has 5 rings (SSSR count). The normalized spacial score (nSPS) is 17.6. The van der Waals surface area contributed by atoms with Crippen LogP contribution in [0.3, 0.4) is 0 Å². The molecule has 0 bridgehead atoms. The highest BCUT2D eigenvalue weighted by molar-refractivity contribution is 6.33. The molecule has 2 atom stereocenters. The van der Waals surface area contributed by atoms with Gasteiger partial charge in [-0.15, -0.1) is 0 Å². The predicted molar refractivity (Wildman–Crippen MR) is 156 cm³/mol. The SMILES string of the molecule is COC(=O)CC1COc2cc(O[C@@H]3CCc4c(-c5c(C)cc(OCCC(C)(C)O)cc5C)c(Cl)cc(F)c43)ccc21. The second kappa shape index (κ2) is 11.5. The number of methoxy groups -OCH3 is 1. The summed E-state index contributed by atoms with van der Waals surface area (Å²) >= 11 is 6.71. The van der Waals surface area contributed by atoms with E-state index in [1.165, 1.54) is 13.2 Å². The number of ether oxygens (including phenoxy) is 4. The average Bonchev–Trinajstić information content (AvgIpc) is 3.49. The van der Waals surface area contributed by atoms with Gasteiger partial charge in [0.2, 0.25) is 0 Å². The van der Waals surface area contributed by atoms with E-state index >= 15 is 4.39 Å². The van der Waals surface area contributed by atoms with E-state index in [4.69, 9.17) is 30.5 Å². The molecule has 0 fully saturated rings. The molecule has 0 radical (unpaired) electrons. The van der Waals surface area contributed by atoms with Gasteiger partial charge in [-0.25, -0.2) is 4.39 Å². The number of halogens is 2. The standard InChI is InChI=1S/C33H36ClFO6/c1-18-12-22(39-11-10-33(3,4)37)13-19(2)30(18)31-24-8-9-27(32(24)26(35)16-25(31)34)41-21-6-7-23-20(14-29(36)38-5)17-40-28(23)15-21/h6-7,12-13,15-16,20,27,37H,8-11,14,17H2,1-5H3/t20?,27-/m1/s1. The number of fused-ring (bicyclic) bond motifs is 2. The Morgan fingerprint density at radius 2 is 1.85 bits per heavy atom. The fourth-order valence-electron chi connectivity index (χ4n) is 5.87. The molecule has 0 aromatic heterocycles. The average molecular weight is 583 g/mol. The Hall–Kier alpha value is -3.29. The van der Waals surface area contributed by atoms with E-state index in [1.807, 2.05) is 44.2 Å². The molecule has 2 aliphatic rings. The van der Waals surface area contributed by atoms with E-state index in [1.54, 1.807) is 13.8 Å². The number of aliphatic hydroxyl groups is 1. The molecule has 3 aromatic carbocycles. The lowest BCUT2D eigenvalue weighted by atomic mass is 9.90. The maximum Gasteiger partial charge on any atom is 0.306 e. The van der Waals surface area contributed by atoms with Gasteiger partial charge in [0.1, 0.15) is 29.2 Å². The molecule has 1 unspecified atom stereocenters. The Kier molecular flexibility index (Phi) is 8.22. The number of esters is 1. The van der Waals surface area contributed by atoms with Crippen LogP contribution >= 0.6 is 11.6 Å². The summed E-state index contributed by atoms with van der Waals surface area (Å²) < 4.78 is 38.3. The molecular formula is C33H36ClFO6. The highest BCUT2D eigenvalue weighted by Gasteiger charge is 2.33. The van der Waals surface area contributed by atoms with Crippen LogP contribution < -0.4 is 14.2 Å². The van der Waals surface area contributed by atoms with E-state index in [9.17, 15) is 9.90 Å². The first-order chi connectivity index (χ1) is 19.4. The van der Waals surface area contributed by atoms with Crippen LogP contribution in [0, 0.1) is 19.7 Å². The summed E-state index contributed by atoms with van der Waals surface area (Å²) in [6.07, 6.45) is 1.52. The van der Waals surface area contributed by atoms with Crippen LogP contribution in [0.25, 0.3) is 11.1 Å². The molecule has 1 N–H and O–H groups in total. The van der Waals surface area contributed by atoms with Crippen molar-refractivity contribution >= 4 is 17.6 Å². The number of hydrogen-bond donors (Lipinski definition) is 1. The zero-order valence-corrected chi connectivity index (χ0v) is 24.9. The molecule has 8 heteroatoms. The van der Waals surface area contributed by atoms with E-state index in [2.05, 4.69) is 0 Å². The molecule has 0 amide bonds. The van der Waals surface area contributed by atoms with Gasteiger partial charge in [-0.2, -0.15) is 0 Å². The van der Waals surface area contributed by atoms with Crippen molar-refractivity contribution in [2.45, 2.75) is 71.0 Å². The molecule has 1 heterocycles. The lowest BCUT2D eigenvalue weighted by molar-refractivity contribution is -0.141. The quantitative estimate of drug-likeness (QED) is 0.265. The zero-order chi connectivity index (χ0) is 29.5. The Morgan fingerprint density at radius 1 is 1.12 bits per heavy atom. The van der Waals surface area contributed by atoms with Gasteiger partial charge in [-0.1, -0.05) is 17.7 Å². The molecule has 1 aliphatic carbocycles. The smallest absolute Gasteiger partial charge is 0.306 e. The molecule has 3 aromatic rings. The van der Waals surface area contributed by atoms with Gasteiger partial charge in [-0.05, 0) is 87.1 Å². The molecule has 218 valence electrons. The minimum Gasteiger partial charge on any atom is -0.493 e. The summed E-state index contributed by atoms with van der Waals surface area (Å²) in [4.78, 5) is 11.7. The van der Waals surface area contributed by atoms with Crippen LogP contribution in [0.1, 0.15) is 72.9 Å². The van der Waals surface area contributed by atoms with Crippen molar-refractivity contribution in [1.82, 2.24) is 0 Å². The topological polar surface area (TPSA) is 74.2 Å². The molecule has 1 aliphatic heterocycles. The van der Waals surface area contributed by atoms with Crippen molar-refractivity contribution in [3.8, 4) is 28.4 Å².